The van der Waals surface area contributed by atoms with Crippen molar-refractivity contribution in [2.75, 3.05) is 13.1 Å². The Balaban J connectivity index is 1.88. The second kappa shape index (κ2) is 8.32. The van der Waals surface area contributed by atoms with Gasteiger partial charge in [0.2, 0.25) is 5.91 Å². The van der Waals surface area contributed by atoms with E-state index in [-0.39, 0.29) is 12.0 Å². The normalized spacial score (nSPS) is 31.4. The number of carbonyl (C=O) groups excluding carboxylic acids is 2. The van der Waals surface area contributed by atoms with Gasteiger partial charge in [-0.2, -0.15) is 13.2 Å². The molecule has 8 heteroatoms. The summed E-state index contributed by atoms with van der Waals surface area (Å²) in [6, 6.07) is -0.348. The maximum Gasteiger partial charge on any atom is 0.397 e. The van der Waals surface area contributed by atoms with Gasteiger partial charge in [0.1, 0.15) is 12.5 Å². The van der Waals surface area contributed by atoms with E-state index in [1.54, 1.807) is 27.7 Å². The van der Waals surface area contributed by atoms with E-state index in [9.17, 15) is 22.8 Å². The monoisotopic (exact) mass is 432 g/mol. The highest BCUT2D eigenvalue weighted by Gasteiger charge is 2.51. The minimum Gasteiger partial charge on any atom is -0.460 e. The van der Waals surface area contributed by atoms with Crippen LogP contribution in [0.3, 0.4) is 0 Å². The molecular formula is C22H35F3N2O3. The van der Waals surface area contributed by atoms with Gasteiger partial charge in [0, 0.05) is 25.2 Å². The molecule has 30 heavy (non-hydrogen) atoms. The van der Waals surface area contributed by atoms with Gasteiger partial charge in [-0.15, -0.1) is 0 Å². The van der Waals surface area contributed by atoms with Crippen LogP contribution in [-0.2, 0) is 14.3 Å². The number of alkyl halides is 3. The molecule has 1 saturated carbocycles. The van der Waals surface area contributed by atoms with Gasteiger partial charge in [0.05, 0.1) is 11.5 Å². The molecule has 0 aromatic heterocycles. The molecule has 2 heterocycles. The van der Waals surface area contributed by atoms with E-state index < -0.39 is 42.0 Å². The standard InChI is InChI=1S/C22H35F3N2O3/c1-13-8-16-9-17(26(13)11-15-6-7-15)19(14(2)30-20(29)21(3,4)5)27(12-16)18(28)10-22(23,24)25/h13-17,19H,6-12H2,1-5H3/t13?,14-,16?,17?,19?/m0/s1. The van der Waals surface area contributed by atoms with Crippen LogP contribution < -0.4 is 0 Å². The van der Waals surface area contributed by atoms with Gasteiger partial charge in [0.15, 0.2) is 0 Å². The van der Waals surface area contributed by atoms with Gasteiger partial charge in [0.25, 0.3) is 0 Å². The first-order valence-electron chi connectivity index (χ1n) is 11.1. The molecule has 4 unspecified atom stereocenters. The largest absolute Gasteiger partial charge is 0.460 e. The molecule has 2 saturated heterocycles. The molecule has 0 aromatic rings. The fourth-order valence-electron chi connectivity index (χ4n) is 5.05. The third-order valence-electron chi connectivity index (χ3n) is 6.67. The lowest BCUT2D eigenvalue weighted by Crippen LogP contribution is -2.68. The van der Waals surface area contributed by atoms with Crippen LogP contribution in [0.25, 0.3) is 0 Å². The molecule has 5 nitrogen and oxygen atoms in total. The number of fused-ring (bicyclic) bond motifs is 2. The smallest absolute Gasteiger partial charge is 0.397 e. The van der Waals surface area contributed by atoms with Crippen molar-refractivity contribution in [2.24, 2.45) is 17.3 Å². The highest BCUT2D eigenvalue weighted by atomic mass is 19.4. The molecular weight excluding hydrogens is 397 g/mol. The molecule has 0 N–H and O–H groups in total. The highest BCUT2D eigenvalue weighted by molar-refractivity contribution is 5.78. The number of hydrogen-bond donors (Lipinski definition) is 0. The number of amides is 1. The van der Waals surface area contributed by atoms with E-state index >= 15 is 0 Å². The summed E-state index contributed by atoms with van der Waals surface area (Å²) < 4.78 is 44.8. The molecule has 2 bridgehead atoms. The Morgan fingerprint density at radius 1 is 1.13 bits per heavy atom. The summed E-state index contributed by atoms with van der Waals surface area (Å²) in [5.74, 6) is -0.516. The Hall–Kier alpha value is -1.31. The number of nitrogens with zero attached hydrogens (tertiary/aromatic N) is 2. The van der Waals surface area contributed by atoms with Crippen LogP contribution in [0, 0.1) is 17.3 Å². The van der Waals surface area contributed by atoms with Crippen LogP contribution in [0.1, 0.15) is 66.7 Å². The van der Waals surface area contributed by atoms with Crippen LogP contribution in [0.15, 0.2) is 0 Å². The van der Waals surface area contributed by atoms with Crippen molar-refractivity contribution >= 4 is 11.9 Å². The molecule has 3 fully saturated rings. The molecule has 1 aliphatic carbocycles. The van der Waals surface area contributed by atoms with Crippen molar-refractivity contribution in [1.29, 1.82) is 0 Å². The fraction of sp³-hybridized carbons (Fsp3) is 0.909. The molecule has 3 rings (SSSR count). The molecule has 5 atom stereocenters. The van der Waals surface area contributed by atoms with Crippen LogP contribution in [-0.4, -0.2) is 65.2 Å². The van der Waals surface area contributed by atoms with E-state index in [0.29, 0.717) is 18.5 Å². The van der Waals surface area contributed by atoms with E-state index in [1.807, 2.05) is 0 Å². The summed E-state index contributed by atoms with van der Waals surface area (Å²) in [7, 11) is 0. The SMILES string of the molecule is CC1CC2CC(C([C@H](C)OC(=O)C(C)(C)C)N(C(=O)CC(F)(F)F)C2)N1CC1CC1. The number of esters is 1. The second-order valence-electron chi connectivity index (χ2n) is 10.6. The molecule has 2 aliphatic heterocycles. The Kier molecular flexibility index (Phi) is 6.48. The second-order valence-corrected chi connectivity index (χ2v) is 10.6. The molecule has 1 amide bonds. The van der Waals surface area contributed by atoms with Gasteiger partial charge >= 0.3 is 12.1 Å². The minimum atomic E-state index is -4.56. The summed E-state index contributed by atoms with van der Waals surface area (Å²) in [5, 5.41) is 0. The predicted molar refractivity (Wildman–Crippen MR) is 107 cm³/mol. The lowest BCUT2D eigenvalue weighted by molar-refractivity contribution is -0.181. The average Bonchev–Trinajstić information content (AvgIpc) is 3.39. The topological polar surface area (TPSA) is 49.9 Å². The Morgan fingerprint density at radius 3 is 2.30 bits per heavy atom. The summed E-state index contributed by atoms with van der Waals surface area (Å²) in [4.78, 5) is 29.0. The Bertz CT molecular complexity index is 657. The van der Waals surface area contributed by atoms with Crippen LogP contribution in [0.2, 0.25) is 0 Å². The highest BCUT2D eigenvalue weighted by Crippen LogP contribution is 2.41. The first kappa shape index (κ1) is 23.4. The first-order chi connectivity index (χ1) is 13.8. The fourth-order valence-corrected chi connectivity index (χ4v) is 5.05. The lowest BCUT2D eigenvalue weighted by atomic mass is 9.77. The van der Waals surface area contributed by atoms with E-state index in [0.717, 1.165) is 19.4 Å². The Morgan fingerprint density at radius 2 is 1.77 bits per heavy atom. The number of ether oxygens (including phenoxy) is 1. The van der Waals surface area contributed by atoms with Gasteiger partial charge in [-0.05, 0) is 72.1 Å². The van der Waals surface area contributed by atoms with Gasteiger partial charge < -0.3 is 9.64 Å². The summed E-state index contributed by atoms with van der Waals surface area (Å²) in [6.45, 7) is 10.3. The van der Waals surface area contributed by atoms with Crippen molar-refractivity contribution in [3.63, 3.8) is 0 Å². The van der Waals surface area contributed by atoms with Gasteiger partial charge in [-0.3, -0.25) is 14.5 Å². The van der Waals surface area contributed by atoms with Crippen molar-refractivity contribution in [2.45, 2.75) is 97.1 Å². The Labute approximate surface area is 177 Å². The predicted octanol–water partition coefficient (Wildman–Crippen LogP) is 4.01. The zero-order valence-corrected chi connectivity index (χ0v) is 18.7. The average molecular weight is 433 g/mol. The van der Waals surface area contributed by atoms with Crippen molar-refractivity contribution < 1.29 is 27.5 Å². The zero-order chi connectivity index (χ0) is 22.4. The number of halogens is 3. The summed E-state index contributed by atoms with van der Waals surface area (Å²) >= 11 is 0. The molecule has 0 radical (unpaired) electrons. The molecule has 0 spiro atoms. The van der Waals surface area contributed by atoms with Gasteiger partial charge in [-0.1, -0.05) is 0 Å². The number of hydrogen-bond acceptors (Lipinski definition) is 4. The number of likely N-dealkylation sites (tertiary alicyclic amines) is 2. The first-order valence-corrected chi connectivity index (χ1v) is 11.1. The quantitative estimate of drug-likeness (QED) is 0.616. The maximum atomic E-state index is 13.0. The number of rotatable bonds is 5. The van der Waals surface area contributed by atoms with Crippen LogP contribution >= 0.6 is 0 Å². The molecule has 172 valence electrons. The van der Waals surface area contributed by atoms with Crippen LogP contribution in [0.5, 0.6) is 0 Å². The van der Waals surface area contributed by atoms with E-state index in [1.165, 1.54) is 17.7 Å². The number of piperidine rings is 2. The summed E-state index contributed by atoms with van der Waals surface area (Å²) in [6.07, 6.45) is -2.64. The van der Waals surface area contributed by atoms with Crippen molar-refractivity contribution in [3.8, 4) is 0 Å². The van der Waals surface area contributed by atoms with Crippen molar-refractivity contribution in [1.82, 2.24) is 9.80 Å². The van der Waals surface area contributed by atoms with Crippen molar-refractivity contribution in [3.05, 3.63) is 0 Å². The minimum absolute atomic E-state index is 0.0898. The van der Waals surface area contributed by atoms with E-state index in [2.05, 4.69) is 11.8 Å². The third kappa shape index (κ3) is 5.48. The van der Waals surface area contributed by atoms with Gasteiger partial charge in [-0.25, -0.2) is 0 Å². The van der Waals surface area contributed by atoms with E-state index in [4.69, 9.17) is 4.74 Å². The molecule has 3 aliphatic rings. The third-order valence-corrected chi connectivity index (χ3v) is 6.67. The van der Waals surface area contributed by atoms with Crippen LogP contribution in [0.4, 0.5) is 13.2 Å². The zero-order valence-electron chi connectivity index (χ0n) is 18.7. The maximum absolute atomic E-state index is 13.0. The lowest BCUT2D eigenvalue weighted by Gasteiger charge is -2.56. The summed E-state index contributed by atoms with van der Waals surface area (Å²) in [5.41, 5.74) is -0.722. The number of carbonyl (C=O) groups is 2. The molecule has 0 aromatic carbocycles.